The molecule has 2 bridgehead atoms. The zero-order valence-electron chi connectivity index (χ0n) is 16.2. The number of nitrogens with zero attached hydrogens (tertiary/aromatic N) is 3. The first-order valence-corrected chi connectivity index (χ1v) is 9.62. The molecule has 6 heteroatoms. The number of amides is 2. The Hall–Kier alpha value is -2.63. The van der Waals surface area contributed by atoms with E-state index in [9.17, 15) is 9.59 Å². The van der Waals surface area contributed by atoms with Crippen molar-refractivity contribution >= 4 is 22.7 Å². The van der Waals surface area contributed by atoms with E-state index in [1.54, 1.807) is 0 Å². The van der Waals surface area contributed by atoms with Gasteiger partial charge in [-0.2, -0.15) is 5.10 Å². The molecule has 2 atom stereocenters. The summed E-state index contributed by atoms with van der Waals surface area (Å²) in [5.41, 5.74) is 3.62. The smallest absolute Gasteiger partial charge is 0.275 e. The minimum atomic E-state index is -0.106. The maximum Gasteiger partial charge on any atom is 0.275 e. The molecule has 5 rings (SSSR count). The van der Waals surface area contributed by atoms with Crippen LogP contribution in [0.1, 0.15) is 42.7 Å². The van der Waals surface area contributed by atoms with E-state index in [4.69, 9.17) is 0 Å². The van der Waals surface area contributed by atoms with E-state index in [-0.39, 0.29) is 23.8 Å². The van der Waals surface area contributed by atoms with Crippen molar-refractivity contribution in [1.82, 2.24) is 20.0 Å². The lowest BCUT2D eigenvalue weighted by Crippen LogP contribution is -2.48. The lowest BCUT2D eigenvalue weighted by atomic mass is 9.94. The second kappa shape index (κ2) is 6.83. The molecule has 1 aromatic heterocycles. The summed E-state index contributed by atoms with van der Waals surface area (Å²) in [5, 5.41) is 8.09. The molecule has 2 amide bonds. The minimum Gasteiger partial charge on any atom is -0.334 e. The standard InChI is InChI=1S/C21H26N4O2/c1-13(2)8-9-25-16-6-5-15(20(25)26)11-24(12-16)21(27)19-17-10-14(3)4-7-18(17)22-23-19/h4,7-8,10,15-16H,5-6,9,11-12H2,1-3H3,(H,22,23)/t15-,16+/m0/s1. The average Bonchev–Trinajstić information content (AvgIpc) is 2.84. The summed E-state index contributed by atoms with van der Waals surface area (Å²) in [4.78, 5) is 29.9. The van der Waals surface area contributed by atoms with Crippen molar-refractivity contribution in [2.24, 2.45) is 5.92 Å². The highest BCUT2D eigenvalue weighted by molar-refractivity contribution is 6.05. The highest BCUT2D eigenvalue weighted by Crippen LogP contribution is 2.30. The van der Waals surface area contributed by atoms with E-state index in [2.05, 4.69) is 16.3 Å². The first kappa shape index (κ1) is 17.8. The number of hydrogen-bond acceptors (Lipinski definition) is 3. The molecular formula is C21H26N4O2. The number of benzene rings is 1. The molecule has 0 unspecified atom stereocenters. The van der Waals surface area contributed by atoms with Crippen LogP contribution in [0.2, 0.25) is 0 Å². The molecule has 0 radical (unpaired) electrons. The number of carbonyl (C=O) groups excluding carboxylic acids is 2. The van der Waals surface area contributed by atoms with Gasteiger partial charge in [0.25, 0.3) is 5.91 Å². The number of aromatic nitrogens is 2. The number of fused-ring (bicyclic) bond motifs is 5. The van der Waals surface area contributed by atoms with E-state index >= 15 is 0 Å². The number of aryl methyl sites for hydroxylation is 1. The lowest BCUT2D eigenvalue weighted by molar-refractivity contribution is -0.139. The van der Waals surface area contributed by atoms with Crippen LogP contribution in [0.3, 0.4) is 0 Å². The number of aromatic amines is 1. The van der Waals surface area contributed by atoms with Crippen molar-refractivity contribution < 1.29 is 9.59 Å². The Labute approximate surface area is 159 Å². The summed E-state index contributed by atoms with van der Waals surface area (Å²) in [6.45, 7) is 7.79. The van der Waals surface area contributed by atoms with E-state index in [0.29, 0.717) is 25.3 Å². The molecular weight excluding hydrogens is 340 g/mol. The molecule has 0 aliphatic carbocycles. The van der Waals surface area contributed by atoms with Crippen LogP contribution >= 0.6 is 0 Å². The number of allylic oxidation sites excluding steroid dienone is 1. The van der Waals surface area contributed by atoms with E-state index in [1.165, 1.54) is 5.57 Å². The fourth-order valence-electron chi connectivity index (χ4n) is 4.17. The zero-order valence-corrected chi connectivity index (χ0v) is 16.2. The molecule has 4 heterocycles. The molecule has 1 aromatic carbocycles. The first-order valence-electron chi connectivity index (χ1n) is 9.62. The van der Waals surface area contributed by atoms with Gasteiger partial charge in [-0.15, -0.1) is 0 Å². The molecule has 6 nitrogen and oxygen atoms in total. The molecule has 142 valence electrons. The van der Waals surface area contributed by atoms with Gasteiger partial charge in [-0.3, -0.25) is 14.7 Å². The van der Waals surface area contributed by atoms with Crippen molar-refractivity contribution in [3.8, 4) is 0 Å². The van der Waals surface area contributed by atoms with Crippen LogP contribution < -0.4 is 0 Å². The van der Waals surface area contributed by atoms with Gasteiger partial charge in [0.2, 0.25) is 5.91 Å². The molecule has 27 heavy (non-hydrogen) atoms. The Bertz CT molecular complexity index is 925. The second-order valence-electron chi connectivity index (χ2n) is 8.03. The van der Waals surface area contributed by atoms with Crippen LogP contribution in [-0.2, 0) is 4.79 Å². The van der Waals surface area contributed by atoms with Gasteiger partial charge in [0.05, 0.1) is 11.4 Å². The summed E-state index contributed by atoms with van der Waals surface area (Å²) in [5.74, 6) is -0.00685. The molecule has 3 aliphatic rings. The summed E-state index contributed by atoms with van der Waals surface area (Å²) >= 11 is 0. The largest absolute Gasteiger partial charge is 0.334 e. The Kier molecular flexibility index (Phi) is 4.50. The first-order chi connectivity index (χ1) is 12.9. The summed E-state index contributed by atoms with van der Waals surface area (Å²) in [6.07, 6.45) is 3.91. The topological polar surface area (TPSA) is 69.3 Å². The normalized spacial score (nSPS) is 22.3. The van der Waals surface area contributed by atoms with Crippen LogP contribution in [0.25, 0.3) is 10.9 Å². The van der Waals surface area contributed by atoms with Crippen LogP contribution in [0, 0.1) is 12.8 Å². The highest BCUT2D eigenvalue weighted by atomic mass is 16.2. The predicted octanol–water partition coefficient (Wildman–Crippen LogP) is 2.90. The Morgan fingerprint density at radius 1 is 1.30 bits per heavy atom. The fourth-order valence-corrected chi connectivity index (χ4v) is 4.17. The number of nitrogens with one attached hydrogen (secondary N) is 1. The van der Waals surface area contributed by atoms with Crippen LogP contribution in [0.15, 0.2) is 29.8 Å². The van der Waals surface area contributed by atoms with E-state index < -0.39 is 0 Å². The van der Waals surface area contributed by atoms with Crippen LogP contribution in [0.4, 0.5) is 0 Å². The Balaban J connectivity index is 1.61. The third kappa shape index (κ3) is 3.24. The van der Waals surface area contributed by atoms with Crippen molar-refractivity contribution in [2.45, 2.75) is 39.7 Å². The molecule has 1 N–H and O–H groups in total. The molecule has 3 fully saturated rings. The third-order valence-corrected chi connectivity index (χ3v) is 5.70. The molecule has 2 aromatic rings. The minimum absolute atomic E-state index is 0.0828. The fraction of sp³-hybridized carbons (Fsp3) is 0.476. The van der Waals surface area contributed by atoms with Crippen molar-refractivity contribution in [3.63, 3.8) is 0 Å². The van der Waals surface area contributed by atoms with Crippen LogP contribution in [0.5, 0.6) is 0 Å². The number of piperidine rings is 1. The zero-order chi connectivity index (χ0) is 19.1. The summed E-state index contributed by atoms with van der Waals surface area (Å²) < 4.78 is 0. The quantitative estimate of drug-likeness (QED) is 0.849. The maximum absolute atomic E-state index is 13.2. The SMILES string of the molecule is CC(C)=CCN1C(=O)[C@H]2CC[C@@H]1CN(C(=O)c1n[nH]c3ccc(C)cc13)C2. The van der Waals surface area contributed by atoms with Gasteiger partial charge in [0.15, 0.2) is 5.69 Å². The Morgan fingerprint density at radius 2 is 2.11 bits per heavy atom. The van der Waals surface area contributed by atoms with Crippen molar-refractivity contribution in [1.29, 1.82) is 0 Å². The average molecular weight is 366 g/mol. The monoisotopic (exact) mass is 366 g/mol. The number of H-pyrrole nitrogens is 1. The lowest BCUT2D eigenvalue weighted by Gasteiger charge is -2.35. The number of rotatable bonds is 3. The molecule has 0 saturated carbocycles. The van der Waals surface area contributed by atoms with Crippen molar-refractivity contribution in [3.05, 3.63) is 41.1 Å². The summed E-state index contributed by atoms with van der Waals surface area (Å²) in [7, 11) is 0. The van der Waals surface area contributed by atoms with Gasteiger partial charge in [-0.25, -0.2) is 0 Å². The summed E-state index contributed by atoms with van der Waals surface area (Å²) in [6, 6.07) is 6.03. The van der Waals surface area contributed by atoms with E-state index in [0.717, 1.165) is 29.3 Å². The van der Waals surface area contributed by atoms with Gasteiger partial charge in [0.1, 0.15) is 0 Å². The van der Waals surface area contributed by atoms with Gasteiger partial charge >= 0.3 is 0 Å². The van der Waals surface area contributed by atoms with Gasteiger partial charge in [-0.1, -0.05) is 23.3 Å². The van der Waals surface area contributed by atoms with Crippen LogP contribution in [-0.4, -0.2) is 57.5 Å². The molecule has 3 saturated heterocycles. The molecule has 0 spiro atoms. The van der Waals surface area contributed by atoms with E-state index in [1.807, 2.05) is 48.8 Å². The molecule has 3 aliphatic heterocycles. The predicted molar refractivity (Wildman–Crippen MR) is 104 cm³/mol. The Morgan fingerprint density at radius 3 is 2.89 bits per heavy atom. The number of hydrogen-bond donors (Lipinski definition) is 1. The third-order valence-electron chi connectivity index (χ3n) is 5.70. The van der Waals surface area contributed by atoms with Gasteiger partial charge in [-0.05, 0) is 45.7 Å². The van der Waals surface area contributed by atoms with Crippen molar-refractivity contribution in [2.75, 3.05) is 19.6 Å². The highest BCUT2D eigenvalue weighted by Gasteiger charge is 2.42. The second-order valence-corrected chi connectivity index (χ2v) is 8.03. The van der Waals surface area contributed by atoms with Gasteiger partial charge in [0, 0.05) is 31.1 Å². The van der Waals surface area contributed by atoms with Gasteiger partial charge < -0.3 is 9.80 Å². The maximum atomic E-state index is 13.2. The number of carbonyl (C=O) groups is 2.